The molecular formula is C23H26F2N6O3. The number of aromatic nitrogens is 2. The van der Waals surface area contributed by atoms with Crippen LogP contribution >= 0.6 is 0 Å². The molecule has 3 heterocycles. The summed E-state index contributed by atoms with van der Waals surface area (Å²) in [6.07, 6.45) is 5.89. The van der Waals surface area contributed by atoms with E-state index in [-0.39, 0.29) is 24.4 Å². The van der Waals surface area contributed by atoms with Gasteiger partial charge in [0, 0.05) is 31.2 Å². The normalized spacial score (nSPS) is 21.3. The van der Waals surface area contributed by atoms with Gasteiger partial charge in [-0.3, -0.25) is 10.00 Å². The third-order valence-electron chi connectivity index (χ3n) is 6.21. The molecule has 1 amide bonds. The number of amides is 1. The van der Waals surface area contributed by atoms with E-state index in [0.29, 0.717) is 68.1 Å². The Bertz CT molecular complexity index is 1100. The Morgan fingerprint density at radius 3 is 2.97 bits per heavy atom. The van der Waals surface area contributed by atoms with E-state index >= 15 is 0 Å². The van der Waals surface area contributed by atoms with Crippen LogP contribution in [0.15, 0.2) is 35.3 Å². The average molecular weight is 472 g/mol. The van der Waals surface area contributed by atoms with Gasteiger partial charge in [-0.15, -0.1) is 0 Å². The molecule has 2 aromatic rings. The molecule has 1 aliphatic carbocycles. The van der Waals surface area contributed by atoms with Gasteiger partial charge < -0.3 is 20.1 Å². The topological polar surface area (TPSA) is 104 Å². The van der Waals surface area contributed by atoms with Crippen LogP contribution < -0.4 is 15.4 Å². The van der Waals surface area contributed by atoms with Gasteiger partial charge in [-0.2, -0.15) is 5.10 Å². The summed E-state index contributed by atoms with van der Waals surface area (Å²) in [4.78, 5) is 17.8. The summed E-state index contributed by atoms with van der Waals surface area (Å²) in [5.41, 5.74) is 1.49. The number of carbonyl (C=O) groups is 1. The molecule has 2 aliphatic heterocycles. The molecule has 1 fully saturated rings. The van der Waals surface area contributed by atoms with Crippen molar-refractivity contribution in [2.45, 2.75) is 32.0 Å². The van der Waals surface area contributed by atoms with Gasteiger partial charge in [-0.1, -0.05) is 0 Å². The lowest BCUT2D eigenvalue weighted by Gasteiger charge is -2.16. The summed E-state index contributed by atoms with van der Waals surface area (Å²) in [6.45, 7) is 2.41. The molecule has 2 unspecified atom stereocenters. The van der Waals surface area contributed by atoms with E-state index < -0.39 is 17.7 Å². The first-order valence-corrected chi connectivity index (χ1v) is 11.3. The first-order chi connectivity index (χ1) is 16.6. The van der Waals surface area contributed by atoms with Crippen LogP contribution in [0.1, 0.15) is 23.2 Å². The van der Waals surface area contributed by atoms with Gasteiger partial charge in [0.2, 0.25) is 0 Å². The van der Waals surface area contributed by atoms with Gasteiger partial charge >= 0.3 is 6.09 Å². The predicted molar refractivity (Wildman–Crippen MR) is 119 cm³/mol. The minimum Gasteiger partial charge on any atom is -0.484 e. The van der Waals surface area contributed by atoms with Crippen LogP contribution in [-0.4, -0.2) is 59.7 Å². The minimum atomic E-state index is -0.495. The van der Waals surface area contributed by atoms with E-state index in [4.69, 9.17) is 9.47 Å². The van der Waals surface area contributed by atoms with Crippen LogP contribution in [0.4, 0.5) is 13.6 Å². The number of ether oxygens (including phenoxy) is 2. The third kappa shape index (κ3) is 4.74. The van der Waals surface area contributed by atoms with Crippen molar-refractivity contribution in [2.75, 3.05) is 26.2 Å². The minimum absolute atomic E-state index is 0.0808. The lowest BCUT2D eigenvalue weighted by molar-refractivity contribution is 0.130. The zero-order chi connectivity index (χ0) is 23.5. The molecule has 0 spiro atoms. The summed E-state index contributed by atoms with van der Waals surface area (Å²) in [5, 5.41) is 12.9. The lowest BCUT2D eigenvalue weighted by Crippen LogP contribution is -2.29. The van der Waals surface area contributed by atoms with Crippen LogP contribution in [0, 0.1) is 17.6 Å². The largest absolute Gasteiger partial charge is 0.484 e. The molecule has 0 bridgehead atoms. The molecule has 0 radical (unpaired) electrons. The maximum absolute atomic E-state index is 15.0. The first kappa shape index (κ1) is 22.3. The monoisotopic (exact) mass is 472 g/mol. The van der Waals surface area contributed by atoms with Crippen molar-refractivity contribution >= 4 is 12.3 Å². The van der Waals surface area contributed by atoms with E-state index in [1.165, 1.54) is 4.90 Å². The fourth-order valence-electron chi connectivity index (χ4n) is 4.50. The summed E-state index contributed by atoms with van der Waals surface area (Å²) in [6, 6.07) is 2.84. The Hall–Kier alpha value is -3.47. The zero-order valence-corrected chi connectivity index (χ0v) is 18.5. The Kier molecular flexibility index (Phi) is 6.43. The van der Waals surface area contributed by atoms with Gasteiger partial charge in [0.15, 0.2) is 17.4 Å². The number of cyclic esters (lactones) is 1. The molecule has 11 heteroatoms. The maximum atomic E-state index is 15.0. The number of hydrogen-bond donors (Lipinski definition) is 3. The van der Waals surface area contributed by atoms with Crippen molar-refractivity contribution < 1.29 is 23.0 Å². The van der Waals surface area contributed by atoms with Crippen LogP contribution in [0.5, 0.6) is 5.75 Å². The fraction of sp³-hybridized carbons (Fsp3) is 0.435. The Morgan fingerprint density at radius 1 is 1.29 bits per heavy atom. The molecule has 3 N–H and O–H groups in total. The van der Waals surface area contributed by atoms with E-state index in [1.807, 2.05) is 0 Å². The molecular weight excluding hydrogens is 446 g/mol. The highest BCUT2D eigenvalue weighted by Gasteiger charge is 2.34. The molecule has 34 heavy (non-hydrogen) atoms. The molecule has 3 aliphatic rings. The Balaban J connectivity index is 1.09. The number of rotatable bonds is 9. The average Bonchev–Trinajstić information content (AvgIpc) is 3.59. The van der Waals surface area contributed by atoms with Gasteiger partial charge in [0.25, 0.3) is 0 Å². The van der Waals surface area contributed by atoms with Gasteiger partial charge in [-0.25, -0.2) is 18.6 Å². The Labute approximate surface area is 195 Å². The smallest absolute Gasteiger partial charge is 0.415 e. The number of H-pyrrole nitrogens is 1. The molecule has 2 atom stereocenters. The van der Waals surface area contributed by atoms with Crippen molar-refractivity contribution in [3.63, 3.8) is 0 Å². The van der Waals surface area contributed by atoms with E-state index in [9.17, 15) is 13.6 Å². The number of halogens is 2. The Morgan fingerprint density at radius 2 is 2.18 bits per heavy atom. The SMILES string of the molecule is O=C1OC(CCNCC2Cc3c(F)cc(OCc4ccn[nH]4)c(F)c3C2)CN1C1=CNCC=N1. The molecule has 180 valence electrons. The second kappa shape index (κ2) is 9.80. The van der Waals surface area contributed by atoms with Crippen LogP contribution in [-0.2, 0) is 24.2 Å². The van der Waals surface area contributed by atoms with Gasteiger partial charge in [-0.05, 0) is 55.5 Å². The van der Waals surface area contributed by atoms with Crippen molar-refractivity contribution in [2.24, 2.45) is 10.9 Å². The fourth-order valence-corrected chi connectivity index (χ4v) is 4.50. The standard InChI is InChI=1S/C23H26F2N6O3/c24-19-9-20(33-13-15-1-4-29-30-15)22(25)18-8-14(7-17(18)19)10-26-3-2-16-12-31(23(32)34-16)21-11-27-5-6-28-21/h1,4,6,9,11,14,16,26-27H,2-3,5,7-8,10,12-13H2,(H,29,30). The number of benzene rings is 1. The zero-order valence-electron chi connectivity index (χ0n) is 18.5. The van der Waals surface area contributed by atoms with E-state index in [2.05, 4.69) is 25.8 Å². The molecule has 1 saturated heterocycles. The molecule has 1 aromatic heterocycles. The second-order valence-electron chi connectivity index (χ2n) is 8.60. The van der Waals surface area contributed by atoms with Crippen LogP contribution in [0.25, 0.3) is 0 Å². The van der Waals surface area contributed by atoms with Crippen molar-refractivity contribution in [3.8, 4) is 5.75 Å². The number of hydrogen-bond acceptors (Lipinski definition) is 7. The van der Waals surface area contributed by atoms with Gasteiger partial charge in [0.05, 0.1) is 12.2 Å². The van der Waals surface area contributed by atoms with Crippen LogP contribution in [0.2, 0.25) is 0 Å². The third-order valence-corrected chi connectivity index (χ3v) is 6.21. The number of carbonyl (C=O) groups excluding carboxylic acids is 1. The highest BCUT2D eigenvalue weighted by atomic mass is 19.1. The molecule has 1 aromatic carbocycles. The number of nitrogens with one attached hydrogen (secondary N) is 3. The summed E-state index contributed by atoms with van der Waals surface area (Å²) < 4.78 is 40.5. The quantitative estimate of drug-likeness (QED) is 0.484. The second-order valence-corrected chi connectivity index (χ2v) is 8.60. The highest BCUT2D eigenvalue weighted by Crippen LogP contribution is 2.35. The summed E-state index contributed by atoms with van der Waals surface area (Å²) >= 11 is 0. The molecule has 9 nitrogen and oxygen atoms in total. The molecule has 5 rings (SSSR count). The lowest BCUT2D eigenvalue weighted by atomic mass is 10.1. The van der Waals surface area contributed by atoms with E-state index in [1.54, 1.807) is 24.7 Å². The van der Waals surface area contributed by atoms with Crippen LogP contribution in [0.3, 0.4) is 0 Å². The number of fused-ring (bicyclic) bond motifs is 1. The van der Waals surface area contributed by atoms with Crippen molar-refractivity contribution in [1.82, 2.24) is 25.7 Å². The van der Waals surface area contributed by atoms with Crippen molar-refractivity contribution in [1.29, 1.82) is 0 Å². The molecule has 0 saturated carbocycles. The number of nitrogens with zero attached hydrogens (tertiary/aromatic N) is 3. The number of aromatic amines is 1. The predicted octanol–water partition coefficient (Wildman–Crippen LogP) is 2.26. The van der Waals surface area contributed by atoms with E-state index in [0.717, 1.165) is 6.07 Å². The van der Waals surface area contributed by atoms with Gasteiger partial charge in [0.1, 0.15) is 18.5 Å². The van der Waals surface area contributed by atoms with Crippen molar-refractivity contribution in [3.05, 3.63) is 58.8 Å². The highest BCUT2D eigenvalue weighted by molar-refractivity contribution is 5.73. The maximum Gasteiger partial charge on any atom is 0.415 e. The summed E-state index contributed by atoms with van der Waals surface area (Å²) in [7, 11) is 0. The first-order valence-electron chi connectivity index (χ1n) is 11.3. The number of aliphatic imine (C=N–C) groups is 1. The summed E-state index contributed by atoms with van der Waals surface area (Å²) in [5.74, 6) is -0.388.